The molecule has 1 amide bonds. The fourth-order valence-corrected chi connectivity index (χ4v) is 1.63. The molecule has 0 aliphatic heterocycles. The highest BCUT2D eigenvalue weighted by Gasteiger charge is 2.06. The highest BCUT2D eigenvalue weighted by molar-refractivity contribution is 7.80. The van der Waals surface area contributed by atoms with Crippen LogP contribution >= 0.6 is 12.2 Å². The number of H-pyrrole nitrogens is 1. The van der Waals surface area contributed by atoms with Crippen LogP contribution in [0.2, 0.25) is 0 Å². The molecule has 1 aromatic carbocycles. The van der Waals surface area contributed by atoms with E-state index in [2.05, 4.69) is 10.3 Å². The van der Waals surface area contributed by atoms with Gasteiger partial charge in [0.15, 0.2) is 0 Å². The van der Waals surface area contributed by atoms with Gasteiger partial charge in [-0.3, -0.25) is 9.59 Å². The van der Waals surface area contributed by atoms with Gasteiger partial charge >= 0.3 is 0 Å². The number of aromatic amines is 1. The number of carbonyl (C=O) groups is 1. The number of pyridine rings is 1. The molecule has 0 saturated carbocycles. The Hall–Kier alpha value is -2.67. The van der Waals surface area contributed by atoms with Crippen molar-refractivity contribution in [1.82, 2.24) is 4.98 Å². The van der Waals surface area contributed by atoms with Crippen LogP contribution in [-0.4, -0.2) is 22.5 Å². The molecule has 0 aliphatic rings. The molecular weight excluding hydrogens is 290 g/mol. The summed E-state index contributed by atoms with van der Waals surface area (Å²) in [4.78, 5) is 25.8. The van der Waals surface area contributed by atoms with E-state index in [1.165, 1.54) is 18.2 Å². The maximum Gasteiger partial charge on any atom is 0.272 e. The molecule has 0 spiro atoms. The zero-order chi connectivity index (χ0) is 15.2. The molecule has 0 saturated heterocycles. The Morgan fingerprint density at radius 1 is 1.24 bits per heavy atom. The van der Waals surface area contributed by atoms with Crippen LogP contribution in [-0.2, 0) is 0 Å². The summed E-state index contributed by atoms with van der Waals surface area (Å²) in [6.07, 6.45) is 0. The molecule has 0 radical (unpaired) electrons. The summed E-state index contributed by atoms with van der Waals surface area (Å²) in [5.41, 5.74) is 5.77. The molecule has 0 bridgehead atoms. The van der Waals surface area contributed by atoms with Gasteiger partial charge in [0.05, 0.1) is 0 Å². The van der Waals surface area contributed by atoms with Crippen molar-refractivity contribution in [2.75, 3.05) is 11.9 Å². The summed E-state index contributed by atoms with van der Waals surface area (Å²) < 4.78 is 5.30. The van der Waals surface area contributed by atoms with E-state index in [0.29, 0.717) is 11.4 Å². The molecule has 2 rings (SSSR count). The molecule has 21 heavy (non-hydrogen) atoms. The lowest BCUT2D eigenvalue weighted by Gasteiger charge is -2.07. The van der Waals surface area contributed by atoms with Crippen LogP contribution in [0.4, 0.5) is 5.69 Å². The molecule has 0 aliphatic carbocycles. The molecular formula is C14H13N3O3S. The lowest BCUT2D eigenvalue weighted by Crippen LogP contribution is -2.18. The van der Waals surface area contributed by atoms with Crippen molar-refractivity contribution in [3.05, 3.63) is 58.5 Å². The van der Waals surface area contributed by atoms with Gasteiger partial charge < -0.3 is 20.8 Å². The number of carbonyl (C=O) groups excluding carboxylic acids is 1. The van der Waals surface area contributed by atoms with Gasteiger partial charge in [-0.15, -0.1) is 0 Å². The second kappa shape index (κ2) is 6.67. The summed E-state index contributed by atoms with van der Waals surface area (Å²) in [5.74, 6) is 0.193. The van der Waals surface area contributed by atoms with Crippen LogP contribution in [0.5, 0.6) is 5.75 Å². The Balaban J connectivity index is 2.01. The SMILES string of the molecule is NC(=S)COc1ccc(NC(=O)c2cccc(=O)[nH]2)cc1. The fourth-order valence-electron chi connectivity index (χ4n) is 1.57. The molecule has 2 aromatic rings. The number of amides is 1. The average molecular weight is 303 g/mol. The van der Waals surface area contributed by atoms with Gasteiger partial charge in [-0.25, -0.2) is 0 Å². The predicted molar refractivity (Wildman–Crippen MR) is 83.7 cm³/mol. The molecule has 108 valence electrons. The topological polar surface area (TPSA) is 97.2 Å². The monoisotopic (exact) mass is 303 g/mol. The number of ether oxygens (including phenoxy) is 1. The molecule has 1 aromatic heterocycles. The Bertz CT molecular complexity index is 710. The highest BCUT2D eigenvalue weighted by Crippen LogP contribution is 2.16. The average Bonchev–Trinajstić information content (AvgIpc) is 2.46. The maximum atomic E-state index is 11.9. The van der Waals surface area contributed by atoms with Gasteiger partial charge in [-0.05, 0) is 30.3 Å². The minimum Gasteiger partial charge on any atom is -0.487 e. The lowest BCUT2D eigenvalue weighted by atomic mass is 10.3. The summed E-state index contributed by atoms with van der Waals surface area (Å²) in [6.45, 7) is 0.159. The van der Waals surface area contributed by atoms with Gasteiger partial charge in [0.2, 0.25) is 5.56 Å². The van der Waals surface area contributed by atoms with E-state index in [1.54, 1.807) is 24.3 Å². The van der Waals surface area contributed by atoms with E-state index < -0.39 is 5.91 Å². The third-order valence-electron chi connectivity index (χ3n) is 2.51. The van der Waals surface area contributed by atoms with Crippen molar-refractivity contribution in [2.24, 2.45) is 5.73 Å². The number of aromatic nitrogens is 1. The van der Waals surface area contributed by atoms with Crippen molar-refractivity contribution in [1.29, 1.82) is 0 Å². The van der Waals surface area contributed by atoms with Crippen molar-refractivity contribution < 1.29 is 9.53 Å². The van der Waals surface area contributed by atoms with Gasteiger partial charge in [0.1, 0.15) is 23.0 Å². The van der Waals surface area contributed by atoms with E-state index in [-0.39, 0.29) is 22.8 Å². The van der Waals surface area contributed by atoms with Crippen LogP contribution in [0.3, 0.4) is 0 Å². The fraction of sp³-hybridized carbons (Fsp3) is 0.0714. The largest absolute Gasteiger partial charge is 0.487 e. The number of hydrogen-bond donors (Lipinski definition) is 3. The second-order valence-electron chi connectivity index (χ2n) is 4.16. The molecule has 1 heterocycles. The number of anilines is 1. The van der Waals surface area contributed by atoms with Crippen LogP contribution in [0, 0.1) is 0 Å². The summed E-state index contributed by atoms with van der Waals surface area (Å²) >= 11 is 4.71. The molecule has 6 nitrogen and oxygen atoms in total. The van der Waals surface area contributed by atoms with E-state index in [9.17, 15) is 9.59 Å². The molecule has 4 N–H and O–H groups in total. The standard InChI is InChI=1S/C14H13N3O3S/c15-12(21)8-20-10-6-4-9(5-7-10)16-14(19)11-2-1-3-13(18)17-11/h1-7H,8H2,(H2,15,21)(H,16,19)(H,17,18). The first-order valence-corrected chi connectivity index (χ1v) is 6.47. The maximum absolute atomic E-state index is 11.9. The first kappa shape index (κ1) is 14.7. The Labute approximate surface area is 125 Å². The summed E-state index contributed by atoms with van der Waals surface area (Å²) in [6, 6.07) is 11.1. The summed E-state index contributed by atoms with van der Waals surface area (Å²) in [7, 11) is 0. The third kappa shape index (κ3) is 4.43. The van der Waals surface area contributed by atoms with Gasteiger partial charge in [0.25, 0.3) is 5.91 Å². The van der Waals surface area contributed by atoms with Gasteiger partial charge in [-0.2, -0.15) is 0 Å². The minimum atomic E-state index is -0.399. The van der Waals surface area contributed by atoms with E-state index in [4.69, 9.17) is 22.7 Å². The number of rotatable bonds is 5. The Morgan fingerprint density at radius 2 is 1.95 bits per heavy atom. The van der Waals surface area contributed by atoms with Crippen molar-refractivity contribution in [3.63, 3.8) is 0 Å². The van der Waals surface area contributed by atoms with E-state index in [1.807, 2.05) is 0 Å². The van der Waals surface area contributed by atoms with Crippen LogP contribution < -0.4 is 21.3 Å². The number of thiocarbonyl (C=S) groups is 1. The number of benzene rings is 1. The molecule has 7 heteroatoms. The first-order chi connectivity index (χ1) is 10.0. The normalized spacial score (nSPS) is 9.90. The smallest absolute Gasteiger partial charge is 0.272 e. The first-order valence-electron chi connectivity index (χ1n) is 6.06. The minimum absolute atomic E-state index is 0.159. The van der Waals surface area contributed by atoms with Crippen molar-refractivity contribution >= 4 is 28.8 Å². The second-order valence-corrected chi connectivity index (χ2v) is 4.69. The quantitative estimate of drug-likeness (QED) is 0.723. The molecule has 0 atom stereocenters. The zero-order valence-corrected chi connectivity index (χ0v) is 11.8. The molecule has 0 fully saturated rings. The predicted octanol–water partition coefficient (Wildman–Crippen LogP) is 1.29. The Morgan fingerprint density at radius 3 is 2.57 bits per heavy atom. The van der Waals surface area contributed by atoms with E-state index >= 15 is 0 Å². The van der Waals surface area contributed by atoms with Gasteiger partial charge in [-0.1, -0.05) is 18.3 Å². The van der Waals surface area contributed by atoms with E-state index in [0.717, 1.165) is 0 Å². The summed E-state index contributed by atoms with van der Waals surface area (Å²) in [5, 5.41) is 2.66. The van der Waals surface area contributed by atoms with Crippen LogP contribution in [0.1, 0.15) is 10.5 Å². The Kier molecular flexibility index (Phi) is 4.68. The van der Waals surface area contributed by atoms with Crippen LogP contribution in [0.15, 0.2) is 47.3 Å². The third-order valence-corrected chi connectivity index (χ3v) is 2.62. The van der Waals surface area contributed by atoms with Crippen molar-refractivity contribution in [3.8, 4) is 5.75 Å². The highest BCUT2D eigenvalue weighted by atomic mass is 32.1. The van der Waals surface area contributed by atoms with Crippen molar-refractivity contribution in [2.45, 2.75) is 0 Å². The number of nitrogens with one attached hydrogen (secondary N) is 2. The van der Waals surface area contributed by atoms with Gasteiger partial charge in [0, 0.05) is 11.8 Å². The molecule has 0 unspecified atom stereocenters. The lowest BCUT2D eigenvalue weighted by molar-refractivity contribution is 0.102. The number of nitrogens with two attached hydrogens (primary N) is 1. The zero-order valence-electron chi connectivity index (χ0n) is 11.0. The number of hydrogen-bond acceptors (Lipinski definition) is 4. The van der Waals surface area contributed by atoms with Crippen LogP contribution in [0.25, 0.3) is 0 Å².